The van der Waals surface area contributed by atoms with Crippen LogP contribution in [0.15, 0.2) is 29.3 Å². The first-order valence-corrected chi connectivity index (χ1v) is 5.20. The van der Waals surface area contributed by atoms with E-state index in [1.54, 1.807) is 12.1 Å². The minimum absolute atomic E-state index is 0.173. The van der Waals surface area contributed by atoms with Crippen molar-refractivity contribution in [3.8, 4) is 0 Å². The van der Waals surface area contributed by atoms with Crippen molar-refractivity contribution in [2.24, 2.45) is 0 Å². The lowest BCUT2D eigenvalue weighted by Crippen LogP contribution is -2.05. The van der Waals surface area contributed by atoms with Gasteiger partial charge in [-0.3, -0.25) is 4.79 Å². The van der Waals surface area contributed by atoms with Crippen molar-refractivity contribution in [2.75, 3.05) is 11.9 Å². The number of Topliss-reactive ketones (excluding diaryl/α,β-unsaturated/α-hetero) is 1. The first kappa shape index (κ1) is 11.9. The number of rotatable bonds is 4. The molecule has 0 aromatic heterocycles. The zero-order valence-electron chi connectivity index (χ0n) is 8.31. The molecule has 0 fully saturated rings. The molecular weight excluding hydrogens is 261 g/mol. The molecule has 80 valence electrons. The van der Waals surface area contributed by atoms with Crippen molar-refractivity contribution in [3.63, 3.8) is 0 Å². The Morgan fingerprint density at radius 1 is 1.67 bits per heavy atom. The first-order valence-electron chi connectivity index (χ1n) is 4.41. The van der Waals surface area contributed by atoms with E-state index in [4.69, 9.17) is 0 Å². The summed E-state index contributed by atoms with van der Waals surface area (Å²) in [7, 11) is 0. The number of nitrogens with one attached hydrogen (secondary N) is 1. The summed E-state index contributed by atoms with van der Waals surface area (Å²) >= 11 is 3.07. The molecule has 0 radical (unpaired) electrons. The van der Waals surface area contributed by atoms with Crippen LogP contribution in [0.4, 0.5) is 10.1 Å². The molecule has 0 spiro atoms. The van der Waals surface area contributed by atoms with E-state index in [1.807, 2.05) is 0 Å². The summed E-state index contributed by atoms with van der Waals surface area (Å²) in [4.78, 5) is 11.2. The first-order chi connectivity index (χ1) is 7.06. The van der Waals surface area contributed by atoms with Crippen LogP contribution < -0.4 is 5.32 Å². The monoisotopic (exact) mass is 271 g/mol. The fourth-order valence-electron chi connectivity index (χ4n) is 1.17. The molecular formula is C11H11BrFNO. The summed E-state index contributed by atoms with van der Waals surface area (Å²) in [5.74, 6) is -0.614. The van der Waals surface area contributed by atoms with Gasteiger partial charge in [0.05, 0.1) is 4.47 Å². The van der Waals surface area contributed by atoms with Crippen molar-refractivity contribution in [3.05, 3.63) is 40.6 Å². The predicted octanol–water partition coefficient (Wildman–Crippen LogP) is 3.39. The third-order valence-corrected chi connectivity index (χ3v) is 2.48. The molecule has 1 N–H and O–H groups in total. The van der Waals surface area contributed by atoms with Crippen LogP contribution in [0.1, 0.15) is 17.3 Å². The number of halogens is 2. The highest BCUT2D eigenvalue weighted by atomic mass is 79.9. The van der Waals surface area contributed by atoms with Gasteiger partial charge in [0, 0.05) is 17.8 Å². The zero-order chi connectivity index (χ0) is 11.4. The van der Waals surface area contributed by atoms with Gasteiger partial charge in [0.2, 0.25) is 0 Å². The normalized spacial score (nSPS) is 9.80. The Balaban J connectivity index is 3.15. The molecule has 0 aliphatic heterocycles. The van der Waals surface area contributed by atoms with Gasteiger partial charge in [-0.25, -0.2) is 4.39 Å². The average Bonchev–Trinajstić information content (AvgIpc) is 2.19. The second-order valence-electron chi connectivity index (χ2n) is 3.04. The summed E-state index contributed by atoms with van der Waals surface area (Å²) in [6, 6.07) is 2.77. The number of ketones is 1. The highest BCUT2D eigenvalue weighted by Crippen LogP contribution is 2.25. The summed E-state index contributed by atoms with van der Waals surface area (Å²) in [5, 5.41) is 2.98. The second kappa shape index (κ2) is 5.07. The lowest BCUT2D eigenvalue weighted by molar-refractivity contribution is 0.101. The minimum atomic E-state index is -0.440. The quantitative estimate of drug-likeness (QED) is 0.672. The lowest BCUT2D eigenvalue weighted by Gasteiger charge is -2.09. The Labute approximate surface area is 96.3 Å². The molecule has 2 nitrogen and oxygen atoms in total. The van der Waals surface area contributed by atoms with Crippen molar-refractivity contribution in [2.45, 2.75) is 6.92 Å². The molecule has 0 bridgehead atoms. The van der Waals surface area contributed by atoms with Crippen LogP contribution in [0, 0.1) is 5.82 Å². The van der Waals surface area contributed by atoms with Gasteiger partial charge in [-0.05, 0) is 35.0 Å². The van der Waals surface area contributed by atoms with Crippen LogP contribution >= 0.6 is 15.9 Å². The summed E-state index contributed by atoms with van der Waals surface area (Å²) < 4.78 is 13.5. The predicted molar refractivity (Wildman–Crippen MR) is 62.8 cm³/mol. The van der Waals surface area contributed by atoms with Gasteiger partial charge in [-0.1, -0.05) is 6.08 Å². The SMILES string of the molecule is C=CCNc1cc(Br)c(F)cc1C(C)=O. The van der Waals surface area contributed by atoms with E-state index in [1.165, 1.54) is 13.0 Å². The highest BCUT2D eigenvalue weighted by molar-refractivity contribution is 9.10. The van der Waals surface area contributed by atoms with Crippen LogP contribution in [0.3, 0.4) is 0 Å². The third kappa shape index (κ3) is 2.89. The van der Waals surface area contributed by atoms with Gasteiger partial charge in [0.15, 0.2) is 5.78 Å². The summed E-state index contributed by atoms with van der Waals surface area (Å²) in [6.45, 7) is 5.49. The van der Waals surface area contributed by atoms with Crippen molar-refractivity contribution < 1.29 is 9.18 Å². The van der Waals surface area contributed by atoms with Crippen molar-refractivity contribution in [1.82, 2.24) is 0 Å². The van der Waals surface area contributed by atoms with E-state index < -0.39 is 5.82 Å². The average molecular weight is 272 g/mol. The molecule has 15 heavy (non-hydrogen) atoms. The van der Waals surface area contributed by atoms with Gasteiger partial charge >= 0.3 is 0 Å². The largest absolute Gasteiger partial charge is 0.381 e. The Bertz CT molecular complexity index is 404. The second-order valence-corrected chi connectivity index (χ2v) is 3.89. The Hall–Kier alpha value is -1.16. The molecule has 0 heterocycles. The third-order valence-electron chi connectivity index (χ3n) is 1.88. The van der Waals surface area contributed by atoms with E-state index in [-0.39, 0.29) is 5.78 Å². The molecule has 0 unspecified atom stereocenters. The minimum Gasteiger partial charge on any atom is -0.381 e. The van der Waals surface area contributed by atoms with Gasteiger partial charge in [-0.15, -0.1) is 6.58 Å². The smallest absolute Gasteiger partial charge is 0.161 e. The Morgan fingerprint density at radius 3 is 2.87 bits per heavy atom. The molecule has 0 saturated carbocycles. The number of carbonyl (C=O) groups is 1. The van der Waals surface area contributed by atoms with Crippen LogP contribution in [0.2, 0.25) is 0 Å². The number of hydrogen-bond donors (Lipinski definition) is 1. The Kier molecular flexibility index (Phi) is 4.03. The summed E-state index contributed by atoms with van der Waals surface area (Å²) in [5.41, 5.74) is 0.952. The van der Waals surface area contributed by atoms with Crippen LogP contribution in [0.25, 0.3) is 0 Å². The maximum Gasteiger partial charge on any atom is 0.161 e. The molecule has 0 aliphatic rings. The van der Waals surface area contributed by atoms with Crippen LogP contribution in [-0.4, -0.2) is 12.3 Å². The van der Waals surface area contributed by atoms with E-state index >= 15 is 0 Å². The lowest BCUT2D eigenvalue weighted by atomic mass is 10.1. The van der Waals surface area contributed by atoms with E-state index in [2.05, 4.69) is 27.8 Å². The summed E-state index contributed by atoms with van der Waals surface area (Å²) in [6.07, 6.45) is 1.67. The van der Waals surface area contributed by atoms with Gasteiger partial charge < -0.3 is 5.32 Å². The molecule has 4 heteroatoms. The molecule has 0 aliphatic carbocycles. The highest BCUT2D eigenvalue weighted by Gasteiger charge is 2.11. The number of benzene rings is 1. The van der Waals surface area contributed by atoms with Gasteiger partial charge in [0.25, 0.3) is 0 Å². The van der Waals surface area contributed by atoms with E-state index in [0.29, 0.717) is 22.3 Å². The Morgan fingerprint density at radius 2 is 2.33 bits per heavy atom. The maximum atomic E-state index is 13.2. The fourth-order valence-corrected chi connectivity index (χ4v) is 1.51. The zero-order valence-corrected chi connectivity index (χ0v) is 9.90. The van der Waals surface area contributed by atoms with Crippen molar-refractivity contribution >= 4 is 27.4 Å². The van der Waals surface area contributed by atoms with E-state index in [0.717, 1.165) is 0 Å². The number of hydrogen-bond acceptors (Lipinski definition) is 2. The molecule has 0 atom stereocenters. The molecule has 0 saturated heterocycles. The van der Waals surface area contributed by atoms with E-state index in [9.17, 15) is 9.18 Å². The number of carbonyl (C=O) groups excluding carboxylic acids is 1. The van der Waals surface area contributed by atoms with Gasteiger partial charge in [0.1, 0.15) is 5.82 Å². The molecule has 0 amide bonds. The van der Waals surface area contributed by atoms with Crippen LogP contribution in [0.5, 0.6) is 0 Å². The molecule has 1 rings (SSSR count). The van der Waals surface area contributed by atoms with Crippen LogP contribution in [-0.2, 0) is 0 Å². The van der Waals surface area contributed by atoms with Gasteiger partial charge in [-0.2, -0.15) is 0 Å². The van der Waals surface area contributed by atoms with Crippen molar-refractivity contribution in [1.29, 1.82) is 0 Å². The fraction of sp³-hybridized carbons (Fsp3) is 0.182. The number of anilines is 1. The standard InChI is InChI=1S/C11H11BrFNO/c1-3-4-14-11-6-9(12)10(13)5-8(11)7(2)15/h3,5-6,14H,1,4H2,2H3. The molecule has 1 aromatic rings. The molecule has 1 aromatic carbocycles. The maximum absolute atomic E-state index is 13.2. The topological polar surface area (TPSA) is 29.1 Å².